The van der Waals surface area contributed by atoms with E-state index in [4.69, 9.17) is 0 Å². The summed E-state index contributed by atoms with van der Waals surface area (Å²) in [7, 11) is 0. The number of H-pyrrole nitrogens is 1. The van der Waals surface area contributed by atoms with Gasteiger partial charge in [0.1, 0.15) is 5.65 Å². The molecule has 3 aromatic rings. The van der Waals surface area contributed by atoms with Crippen molar-refractivity contribution in [2.45, 2.75) is 6.92 Å². The maximum atomic E-state index is 11.4. The lowest BCUT2D eigenvalue weighted by molar-refractivity contribution is -0.384. The molecule has 0 saturated carbocycles. The van der Waals surface area contributed by atoms with Crippen LogP contribution in [0.5, 0.6) is 0 Å². The molecule has 0 unspecified atom stereocenters. The van der Waals surface area contributed by atoms with Crippen molar-refractivity contribution >= 4 is 34.7 Å². The molecule has 0 radical (unpaired) electrons. The van der Waals surface area contributed by atoms with E-state index >= 15 is 0 Å². The third-order valence-electron chi connectivity index (χ3n) is 3.42. The van der Waals surface area contributed by atoms with Gasteiger partial charge in [-0.3, -0.25) is 14.9 Å². The van der Waals surface area contributed by atoms with Crippen molar-refractivity contribution in [2.75, 3.05) is 0 Å². The van der Waals surface area contributed by atoms with E-state index in [2.05, 4.69) is 9.97 Å². The van der Waals surface area contributed by atoms with Gasteiger partial charge in [-0.1, -0.05) is 24.3 Å². The summed E-state index contributed by atoms with van der Waals surface area (Å²) in [4.78, 5) is 28.9. The molecule has 1 N–H and O–H groups in total. The van der Waals surface area contributed by atoms with E-state index < -0.39 is 4.92 Å². The van der Waals surface area contributed by atoms with Gasteiger partial charge >= 0.3 is 0 Å². The van der Waals surface area contributed by atoms with Crippen molar-refractivity contribution in [3.8, 4) is 0 Å². The molecule has 0 saturated heterocycles. The highest BCUT2D eigenvalue weighted by molar-refractivity contribution is 5.97. The van der Waals surface area contributed by atoms with E-state index in [1.54, 1.807) is 30.5 Å². The van der Waals surface area contributed by atoms with E-state index in [1.807, 2.05) is 12.1 Å². The first-order valence-electron chi connectivity index (χ1n) is 6.95. The van der Waals surface area contributed by atoms with Crippen molar-refractivity contribution in [3.63, 3.8) is 0 Å². The van der Waals surface area contributed by atoms with Crippen LogP contribution in [0.15, 0.2) is 42.6 Å². The Balaban J connectivity index is 1.90. The van der Waals surface area contributed by atoms with Gasteiger partial charge in [-0.2, -0.15) is 0 Å². The predicted molar refractivity (Wildman–Crippen MR) is 88.1 cm³/mol. The lowest BCUT2D eigenvalue weighted by Gasteiger charge is -1.96. The van der Waals surface area contributed by atoms with Crippen LogP contribution in [0.3, 0.4) is 0 Å². The minimum atomic E-state index is -0.423. The van der Waals surface area contributed by atoms with Crippen molar-refractivity contribution in [1.82, 2.24) is 9.97 Å². The number of nitrogens with one attached hydrogen (secondary N) is 1. The number of rotatable bonds is 4. The van der Waals surface area contributed by atoms with Gasteiger partial charge in [0.25, 0.3) is 5.69 Å². The quantitative estimate of drug-likeness (QED) is 0.450. The molecule has 114 valence electrons. The highest BCUT2D eigenvalue weighted by Crippen LogP contribution is 2.18. The van der Waals surface area contributed by atoms with Crippen molar-refractivity contribution in [3.05, 3.63) is 69.5 Å². The average molecular weight is 307 g/mol. The van der Waals surface area contributed by atoms with Gasteiger partial charge < -0.3 is 4.98 Å². The summed E-state index contributed by atoms with van der Waals surface area (Å²) in [6.45, 7) is 1.49. The summed E-state index contributed by atoms with van der Waals surface area (Å²) >= 11 is 0. The first-order valence-corrected chi connectivity index (χ1v) is 6.95. The van der Waals surface area contributed by atoms with E-state index in [1.165, 1.54) is 19.1 Å². The number of ketones is 1. The fraction of sp³-hybridized carbons (Fsp3) is 0.0588. The second-order valence-electron chi connectivity index (χ2n) is 5.13. The molecule has 2 heterocycles. The Kier molecular flexibility index (Phi) is 3.72. The number of fused-ring (bicyclic) bond motifs is 1. The number of carbonyl (C=O) groups is 1. The van der Waals surface area contributed by atoms with Gasteiger partial charge in [0.2, 0.25) is 0 Å². The number of Topliss-reactive ketones (excluding diaryl/α,β-unsaturated/α-hetero) is 1. The van der Waals surface area contributed by atoms with Crippen LogP contribution >= 0.6 is 0 Å². The predicted octanol–water partition coefficient (Wildman–Crippen LogP) is 3.84. The van der Waals surface area contributed by atoms with Crippen LogP contribution in [0.4, 0.5) is 5.69 Å². The number of nitro groups is 1. The van der Waals surface area contributed by atoms with Gasteiger partial charge in [-0.15, -0.1) is 0 Å². The zero-order chi connectivity index (χ0) is 16.4. The van der Waals surface area contributed by atoms with Crippen LogP contribution in [-0.4, -0.2) is 20.7 Å². The number of aromatic amines is 1. The monoisotopic (exact) mass is 307 g/mol. The van der Waals surface area contributed by atoms with E-state index in [0.717, 1.165) is 16.5 Å². The summed E-state index contributed by atoms with van der Waals surface area (Å²) in [5, 5.41) is 11.6. The molecule has 0 aliphatic rings. The Morgan fingerprint density at radius 2 is 2.00 bits per heavy atom. The summed E-state index contributed by atoms with van der Waals surface area (Å²) < 4.78 is 0. The molecule has 23 heavy (non-hydrogen) atoms. The molecule has 0 aliphatic carbocycles. The maximum Gasteiger partial charge on any atom is 0.270 e. The molecule has 0 spiro atoms. The molecular weight excluding hydrogens is 294 g/mol. The van der Waals surface area contributed by atoms with Gasteiger partial charge in [-0.05, 0) is 23.3 Å². The minimum absolute atomic E-state index is 0.0447. The molecule has 1 aromatic carbocycles. The lowest BCUT2D eigenvalue weighted by Crippen LogP contribution is -1.90. The number of non-ortho nitro benzene ring substituents is 1. The third kappa shape index (κ3) is 3.16. The van der Waals surface area contributed by atoms with Crippen molar-refractivity contribution in [1.29, 1.82) is 0 Å². The molecule has 0 fully saturated rings. The molecule has 6 nitrogen and oxygen atoms in total. The highest BCUT2D eigenvalue weighted by Gasteiger charge is 2.06. The second-order valence-corrected chi connectivity index (χ2v) is 5.13. The molecule has 0 bridgehead atoms. The minimum Gasteiger partial charge on any atom is -0.337 e. The summed E-state index contributed by atoms with van der Waals surface area (Å²) in [6, 6.07) is 10.1. The van der Waals surface area contributed by atoms with E-state index in [9.17, 15) is 14.9 Å². The largest absolute Gasteiger partial charge is 0.337 e. The zero-order valence-electron chi connectivity index (χ0n) is 12.3. The third-order valence-corrected chi connectivity index (χ3v) is 3.42. The van der Waals surface area contributed by atoms with Crippen LogP contribution < -0.4 is 0 Å². The molecule has 3 rings (SSSR count). The SMILES string of the molecule is CC(=O)c1cc2cc(/C=C/c3cccc([N+](=O)[O-])c3)cnc2[nH]1. The Hall–Kier alpha value is -3.28. The number of carbonyl (C=O) groups excluding carboxylic acids is 1. The first-order chi connectivity index (χ1) is 11.0. The molecule has 0 amide bonds. The Morgan fingerprint density at radius 1 is 1.22 bits per heavy atom. The van der Waals surface area contributed by atoms with Gasteiger partial charge in [0, 0.05) is 30.6 Å². The van der Waals surface area contributed by atoms with Crippen molar-refractivity contribution < 1.29 is 9.72 Å². The first kappa shape index (κ1) is 14.6. The summed E-state index contributed by atoms with van der Waals surface area (Å²) in [5.74, 6) is -0.0447. The average Bonchev–Trinajstić information content (AvgIpc) is 2.96. The molecule has 6 heteroatoms. The molecule has 0 atom stereocenters. The second kappa shape index (κ2) is 5.84. The topological polar surface area (TPSA) is 88.9 Å². The zero-order valence-corrected chi connectivity index (χ0v) is 12.3. The smallest absolute Gasteiger partial charge is 0.270 e. The summed E-state index contributed by atoms with van der Waals surface area (Å²) in [6.07, 6.45) is 5.29. The Bertz CT molecular complexity index is 941. The van der Waals surface area contributed by atoms with Crippen LogP contribution in [0, 0.1) is 10.1 Å². The maximum absolute atomic E-state index is 11.4. The van der Waals surface area contributed by atoms with Crippen LogP contribution in [-0.2, 0) is 0 Å². The molecular formula is C17H13N3O3. The number of benzene rings is 1. The highest BCUT2D eigenvalue weighted by atomic mass is 16.6. The van der Waals surface area contributed by atoms with Gasteiger partial charge in [0.15, 0.2) is 5.78 Å². The van der Waals surface area contributed by atoms with Crippen LogP contribution in [0.25, 0.3) is 23.2 Å². The van der Waals surface area contributed by atoms with Crippen molar-refractivity contribution in [2.24, 2.45) is 0 Å². The van der Waals surface area contributed by atoms with E-state index in [-0.39, 0.29) is 11.5 Å². The number of pyridine rings is 1. The number of nitro benzene ring substituents is 1. The normalized spacial score (nSPS) is 11.2. The number of hydrogen-bond acceptors (Lipinski definition) is 4. The standard InChI is InChI=1S/C17H13N3O3/c1-11(21)16-9-14-7-13(10-18-17(14)19-16)6-5-12-3-2-4-15(8-12)20(22)23/h2-10H,1H3,(H,18,19)/b6-5+. The Labute approximate surface area is 131 Å². The van der Waals surface area contributed by atoms with Gasteiger partial charge in [0.05, 0.1) is 10.6 Å². The molecule has 0 aliphatic heterocycles. The van der Waals surface area contributed by atoms with E-state index in [0.29, 0.717) is 11.3 Å². The fourth-order valence-corrected chi connectivity index (χ4v) is 2.25. The van der Waals surface area contributed by atoms with Gasteiger partial charge in [-0.25, -0.2) is 4.98 Å². The summed E-state index contributed by atoms with van der Waals surface area (Å²) in [5.41, 5.74) is 2.81. The number of hydrogen-bond donors (Lipinski definition) is 1. The number of nitrogens with zero attached hydrogens (tertiary/aromatic N) is 2. The molecule has 2 aromatic heterocycles. The fourth-order valence-electron chi connectivity index (χ4n) is 2.25. The van der Waals surface area contributed by atoms with Crippen LogP contribution in [0.2, 0.25) is 0 Å². The Morgan fingerprint density at radius 3 is 2.74 bits per heavy atom. The van der Waals surface area contributed by atoms with Crippen LogP contribution in [0.1, 0.15) is 28.5 Å². The lowest BCUT2D eigenvalue weighted by atomic mass is 10.1. The number of aromatic nitrogens is 2.